The minimum Gasteiger partial charge on any atom is -0.309 e. The van der Waals surface area contributed by atoms with E-state index in [1.165, 1.54) is 35.0 Å². The van der Waals surface area contributed by atoms with Crippen molar-refractivity contribution in [2.24, 2.45) is 0 Å². The number of likely N-dealkylation sites (N-methyl/N-ethyl adjacent to an activating group) is 1. The lowest BCUT2D eigenvalue weighted by Crippen LogP contribution is -2.38. The Labute approximate surface area is 213 Å². The molecule has 1 unspecified atom stereocenters. The van der Waals surface area contributed by atoms with Crippen molar-refractivity contribution >= 4 is 17.5 Å². The van der Waals surface area contributed by atoms with E-state index in [1.807, 2.05) is 31.2 Å². The van der Waals surface area contributed by atoms with E-state index in [4.69, 9.17) is 0 Å². The van der Waals surface area contributed by atoms with Crippen LogP contribution in [0.25, 0.3) is 11.3 Å². The molecule has 8 nitrogen and oxygen atoms in total. The monoisotopic (exact) mass is 499 g/mol. The van der Waals surface area contributed by atoms with Crippen molar-refractivity contribution in [1.29, 1.82) is 0 Å². The number of nitrogens with zero attached hydrogens (tertiary/aromatic N) is 3. The van der Waals surface area contributed by atoms with Gasteiger partial charge in [-0.15, -0.1) is 0 Å². The number of aryl methyl sites for hydroxylation is 1. The normalized spacial score (nSPS) is 11.7. The second kappa shape index (κ2) is 11.0. The Morgan fingerprint density at radius 3 is 2.46 bits per heavy atom. The van der Waals surface area contributed by atoms with Crippen LogP contribution in [0.1, 0.15) is 34.0 Å². The molecular weight excluding hydrogens is 473 g/mol. The van der Waals surface area contributed by atoms with Gasteiger partial charge in [0.05, 0.1) is 24.5 Å². The molecule has 4 rings (SSSR count). The van der Waals surface area contributed by atoms with Gasteiger partial charge in [-0.05, 0) is 62.4 Å². The van der Waals surface area contributed by atoms with E-state index < -0.39 is 23.3 Å². The van der Waals surface area contributed by atoms with Gasteiger partial charge in [-0.2, -0.15) is 0 Å². The number of amides is 1. The molecule has 1 amide bonds. The summed E-state index contributed by atoms with van der Waals surface area (Å²) >= 11 is 0. The first-order chi connectivity index (χ1) is 17.8. The summed E-state index contributed by atoms with van der Waals surface area (Å²) in [6.45, 7) is 3.68. The van der Waals surface area contributed by atoms with Crippen molar-refractivity contribution < 1.29 is 14.0 Å². The van der Waals surface area contributed by atoms with Gasteiger partial charge >= 0.3 is 0 Å². The van der Waals surface area contributed by atoms with Crippen molar-refractivity contribution in [3.63, 3.8) is 0 Å². The zero-order valence-electron chi connectivity index (χ0n) is 20.7. The predicted octanol–water partition coefficient (Wildman–Crippen LogP) is 3.58. The van der Waals surface area contributed by atoms with E-state index in [-0.39, 0.29) is 18.1 Å². The Bertz CT molecular complexity index is 1520. The standard InChI is InChI=1S/C28H26FN5O3/c1-17-6-4-5-7-23(17)24-15-32-26(33-27(36)18(2)30-3)28(37)34(24)16-19-12-21(14-31-13-19)25(35)20-8-10-22(29)11-9-20/h4-15,18,30H,16H2,1-3H3,(H,32,33,36). The van der Waals surface area contributed by atoms with Crippen molar-refractivity contribution in [3.05, 3.63) is 112 Å². The second-order valence-corrected chi connectivity index (χ2v) is 8.62. The van der Waals surface area contributed by atoms with E-state index in [0.29, 0.717) is 22.4 Å². The van der Waals surface area contributed by atoms with Gasteiger partial charge in [-0.1, -0.05) is 24.3 Å². The van der Waals surface area contributed by atoms with Crippen LogP contribution in [0, 0.1) is 12.7 Å². The summed E-state index contributed by atoms with van der Waals surface area (Å²) in [5.74, 6) is -1.24. The second-order valence-electron chi connectivity index (χ2n) is 8.62. The lowest BCUT2D eigenvalue weighted by atomic mass is 10.0. The number of ketones is 1. The molecule has 0 aliphatic rings. The van der Waals surface area contributed by atoms with E-state index in [0.717, 1.165) is 11.1 Å². The number of halogens is 1. The zero-order chi connectivity index (χ0) is 26.5. The van der Waals surface area contributed by atoms with Crippen LogP contribution >= 0.6 is 0 Å². The zero-order valence-corrected chi connectivity index (χ0v) is 20.7. The van der Waals surface area contributed by atoms with E-state index in [9.17, 15) is 18.8 Å². The molecule has 2 N–H and O–H groups in total. The average molecular weight is 500 g/mol. The number of pyridine rings is 1. The molecule has 4 aromatic rings. The maximum absolute atomic E-state index is 13.5. The summed E-state index contributed by atoms with van der Waals surface area (Å²) in [7, 11) is 1.64. The molecule has 2 heterocycles. The quantitative estimate of drug-likeness (QED) is 0.359. The highest BCUT2D eigenvalue weighted by Crippen LogP contribution is 2.23. The van der Waals surface area contributed by atoms with Gasteiger partial charge in [0, 0.05) is 29.1 Å². The molecule has 9 heteroatoms. The number of carbonyl (C=O) groups is 2. The van der Waals surface area contributed by atoms with E-state index >= 15 is 0 Å². The Morgan fingerprint density at radius 1 is 1.03 bits per heavy atom. The van der Waals surface area contributed by atoms with Gasteiger partial charge in [0.2, 0.25) is 5.91 Å². The minimum absolute atomic E-state index is 0.0764. The van der Waals surface area contributed by atoms with Crippen LogP contribution < -0.4 is 16.2 Å². The molecule has 0 radical (unpaired) electrons. The van der Waals surface area contributed by atoms with Crippen molar-refractivity contribution in [1.82, 2.24) is 19.9 Å². The highest BCUT2D eigenvalue weighted by atomic mass is 19.1. The summed E-state index contributed by atoms with van der Waals surface area (Å²) in [4.78, 5) is 47.3. The van der Waals surface area contributed by atoms with Crippen molar-refractivity contribution in [3.8, 4) is 11.3 Å². The van der Waals surface area contributed by atoms with Crippen LogP contribution in [0.5, 0.6) is 0 Å². The van der Waals surface area contributed by atoms with Gasteiger partial charge in [0.25, 0.3) is 5.56 Å². The summed E-state index contributed by atoms with van der Waals surface area (Å²) in [5, 5.41) is 5.42. The predicted molar refractivity (Wildman–Crippen MR) is 139 cm³/mol. The largest absolute Gasteiger partial charge is 0.309 e. The van der Waals surface area contributed by atoms with Crippen LogP contribution in [0.15, 0.2) is 78.0 Å². The third-order valence-electron chi connectivity index (χ3n) is 6.05. The molecule has 0 spiro atoms. The fourth-order valence-corrected chi connectivity index (χ4v) is 3.81. The fraction of sp³-hybridized carbons (Fsp3) is 0.179. The van der Waals surface area contributed by atoms with Gasteiger partial charge < -0.3 is 10.6 Å². The number of rotatable bonds is 8. The van der Waals surface area contributed by atoms with Gasteiger partial charge in [0.1, 0.15) is 5.82 Å². The molecule has 2 aromatic heterocycles. The van der Waals surface area contributed by atoms with Crippen LogP contribution in [0.3, 0.4) is 0 Å². The Hall–Kier alpha value is -4.50. The highest BCUT2D eigenvalue weighted by molar-refractivity contribution is 6.08. The van der Waals surface area contributed by atoms with Gasteiger partial charge in [-0.3, -0.25) is 23.9 Å². The van der Waals surface area contributed by atoms with Gasteiger partial charge in [0.15, 0.2) is 11.6 Å². The van der Waals surface area contributed by atoms with Crippen LogP contribution in [-0.2, 0) is 11.3 Å². The summed E-state index contributed by atoms with van der Waals surface area (Å²) < 4.78 is 14.8. The Kier molecular flexibility index (Phi) is 7.64. The SMILES string of the molecule is CNC(C)C(=O)Nc1ncc(-c2ccccc2C)n(Cc2cncc(C(=O)c3ccc(F)cc3)c2)c1=O. The minimum atomic E-state index is -0.524. The summed E-state index contributed by atoms with van der Waals surface area (Å²) in [5.41, 5.74) is 3.03. The van der Waals surface area contributed by atoms with Gasteiger partial charge in [-0.25, -0.2) is 9.37 Å². The maximum atomic E-state index is 13.5. The molecular formula is C28H26FN5O3. The number of hydrogen-bond donors (Lipinski definition) is 2. The molecule has 0 bridgehead atoms. The maximum Gasteiger partial charge on any atom is 0.294 e. The molecule has 0 saturated carbocycles. The average Bonchev–Trinajstić information content (AvgIpc) is 2.91. The third kappa shape index (κ3) is 5.68. The number of nitrogens with one attached hydrogen (secondary N) is 2. The molecule has 0 aliphatic heterocycles. The summed E-state index contributed by atoms with van der Waals surface area (Å²) in [6, 6.07) is 14.0. The van der Waals surface area contributed by atoms with Crippen molar-refractivity contribution in [2.45, 2.75) is 26.4 Å². The van der Waals surface area contributed by atoms with E-state index in [2.05, 4.69) is 20.6 Å². The Morgan fingerprint density at radius 2 is 1.76 bits per heavy atom. The van der Waals surface area contributed by atoms with E-state index in [1.54, 1.807) is 32.4 Å². The molecule has 2 aromatic carbocycles. The number of aromatic nitrogens is 3. The molecule has 0 aliphatic carbocycles. The first kappa shape index (κ1) is 25.6. The smallest absolute Gasteiger partial charge is 0.294 e. The first-order valence-electron chi connectivity index (χ1n) is 11.7. The Balaban J connectivity index is 1.76. The molecule has 188 valence electrons. The highest BCUT2D eigenvalue weighted by Gasteiger charge is 2.18. The third-order valence-corrected chi connectivity index (χ3v) is 6.05. The number of anilines is 1. The van der Waals surface area contributed by atoms with Crippen LogP contribution in [0.4, 0.5) is 10.2 Å². The first-order valence-corrected chi connectivity index (χ1v) is 11.7. The number of carbonyl (C=O) groups excluding carboxylic acids is 2. The molecule has 37 heavy (non-hydrogen) atoms. The number of hydrogen-bond acceptors (Lipinski definition) is 6. The lowest BCUT2D eigenvalue weighted by molar-refractivity contribution is -0.117. The summed E-state index contributed by atoms with van der Waals surface area (Å²) in [6.07, 6.45) is 4.54. The molecule has 0 fully saturated rings. The molecule has 1 atom stereocenters. The topological polar surface area (TPSA) is 106 Å². The molecule has 0 saturated heterocycles. The number of benzene rings is 2. The lowest BCUT2D eigenvalue weighted by Gasteiger charge is -2.17. The van der Waals surface area contributed by atoms with Crippen molar-refractivity contribution in [2.75, 3.05) is 12.4 Å². The van der Waals surface area contributed by atoms with Crippen LogP contribution in [-0.4, -0.2) is 39.3 Å². The fourth-order valence-electron chi connectivity index (χ4n) is 3.81. The van der Waals surface area contributed by atoms with Crippen LogP contribution in [0.2, 0.25) is 0 Å².